The molecule has 154 valence electrons. The first-order valence-corrected chi connectivity index (χ1v) is 9.52. The number of rotatable bonds is 8. The number of carbonyl (C=O) groups excluding carboxylic acids is 2. The van der Waals surface area contributed by atoms with E-state index in [-0.39, 0.29) is 11.8 Å². The van der Waals surface area contributed by atoms with Crippen molar-refractivity contribution in [3.63, 3.8) is 0 Å². The summed E-state index contributed by atoms with van der Waals surface area (Å²) in [6.07, 6.45) is 0. The maximum absolute atomic E-state index is 12.7. The number of hydrogen-bond acceptors (Lipinski definition) is 4. The zero-order valence-electron chi connectivity index (χ0n) is 17.0. The van der Waals surface area contributed by atoms with Crippen LogP contribution in [0.5, 0.6) is 11.5 Å². The highest BCUT2D eigenvalue weighted by molar-refractivity contribution is 6.01. The molecule has 0 unspecified atom stereocenters. The lowest BCUT2D eigenvalue weighted by Crippen LogP contribution is -2.25. The van der Waals surface area contributed by atoms with E-state index in [4.69, 9.17) is 9.47 Å². The van der Waals surface area contributed by atoms with Crippen molar-refractivity contribution in [3.8, 4) is 11.5 Å². The molecule has 0 aliphatic rings. The van der Waals surface area contributed by atoms with E-state index >= 15 is 0 Å². The van der Waals surface area contributed by atoms with Gasteiger partial charge in [-0.15, -0.1) is 0 Å². The van der Waals surface area contributed by atoms with Crippen LogP contribution in [0.1, 0.15) is 31.8 Å². The van der Waals surface area contributed by atoms with Crippen molar-refractivity contribution in [1.82, 2.24) is 10.6 Å². The highest BCUT2D eigenvalue weighted by Gasteiger charge is 2.16. The van der Waals surface area contributed by atoms with Crippen LogP contribution in [0, 0.1) is 0 Å². The zero-order valence-corrected chi connectivity index (χ0v) is 17.0. The second-order valence-electron chi connectivity index (χ2n) is 6.61. The van der Waals surface area contributed by atoms with Crippen LogP contribution in [0.15, 0.2) is 72.8 Å². The number of ether oxygens (including phenoxy) is 2. The predicted molar refractivity (Wildman–Crippen MR) is 115 cm³/mol. The minimum Gasteiger partial charge on any atom is -0.497 e. The van der Waals surface area contributed by atoms with Gasteiger partial charge in [-0.05, 0) is 41.5 Å². The standard InChI is InChI=1S/C24H24N2O4/c1-29-20-11-8-18(9-12-20)16-25-23(27)19-10-13-22(30-2)21(14-19)24(28)26-15-17-6-4-3-5-7-17/h3-14H,15-16H2,1-2H3,(H,25,27)(H,26,28). The predicted octanol–water partition coefficient (Wildman–Crippen LogP) is 3.56. The van der Waals surface area contributed by atoms with Crippen LogP contribution in [0.25, 0.3) is 0 Å². The summed E-state index contributed by atoms with van der Waals surface area (Å²) in [7, 11) is 3.10. The van der Waals surface area contributed by atoms with Gasteiger partial charge in [0.15, 0.2) is 0 Å². The van der Waals surface area contributed by atoms with Crippen LogP contribution in [0.3, 0.4) is 0 Å². The lowest BCUT2D eigenvalue weighted by Gasteiger charge is -2.12. The molecule has 0 radical (unpaired) electrons. The first-order chi connectivity index (χ1) is 14.6. The van der Waals surface area contributed by atoms with Crippen molar-refractivity contribution in [2.45, 2.75) is 13.1 Å². The van der Waals surface area contributed by atoms with Crippen molar-refractivity contribution < 1.29 is 19.1 Å². The molecule has 3 rings (SSSR count). The molecule has 0 fully saturated rings. The summed E-state index contributed by atoms with van der Waals surface area (Å²) in [6, 6.07) is 21.9. The van der Waals surface area contributed by atoms with Crippen molar-refractivity contribution in [1.29, 1.82) is 0 Å². The summed E-state index contributed by atoms with van der Waals surface area (Å²) in [5, 5.41) is 5.72. The lowest BCUT2D eigenvalue weighted by molar-refractivity contribution is 0.0948. The highest BCUT2D eigenvalue weighted by atomic mass is 16.5. The Morgan fingerprint density at radius 2 is 1.37 bits per heavy atom. The number of methoxy groups -OCH3 is 2. The monoisotopic (exact) mass is 404 g/mol. The molecule has 2 N–H and O–H groups in total. The molecule has 0 atom stereocenters. The fraction of sp³-hybridized carbons (Fsp3) is 0.167. The molecule has 6 heteroatoms. The van der Waals surface area contributed by atoms with Crippen molar-refractivity contribution in [2.24, 2.45) is 0 Å². The van der Waals surface area contributed by atoms with Crippen molar-refractivity contribution >= 4 is 11.8 Å². The summed E-state index contributed by atoms with van der Waals surface area (Å²) in [4.78, 5) is 25.3. The van der Waals surface area contributed by atoms with E-state index in [1.807, 2.05) is 54.6 Å². The summed E-state index contributed by atoms with van der Waals surface area (Å²) in [5.41, 5.74) is 2.62. The van der Waals surface area contributed by atoms with Gasteiger partial charge in [0, 0.05) is 18.7 Å². The lowest BCUT2D eigenvalue weighted by atomic mass is 10.1. The highest BCUT2D eigenvalue weighted by Crippen LogP contribution is 2.20. The normalized spacial score (nSPS) is 10.2. The van der Waals surface area contributed by atoms with Crippen LogP contribution in [0.4, 0.5) is 0 Å². The van der Waals surface area contributed by atoms with E-state index in [1.54, 1.807) is 25.3 Å². The molecule has 0 aromatic heterocycles. The molecule has 0 heterocycles. The molecule has 6 nitrogen and oxygen atoms in total. The van der Waals surface area contributed by atoms with E-state index in [2.05, 4.69) is 10.6 Å². The minimum atomic E-state index is -0.305. The van der Waals surface area contributed by atoms with Gasteiger partial charge in [-0.1, -0.05) is 42.5 Å². The van der Waals surface area contributed by atoms with E-state index in [1.165, 1.54) is 7.11 Å². The molecule has 0 bridgehead atoms. The van der Waals surface area contributed by atoms with Crippen LogP contribution in [-0.2, 0) is 13.1 Å². The Balaban J connectivity index is 1.67. The summed E-state index contributed by atoms with van der Waals surface area (Å²) in [5.74, 6) is 0.588. The Morgan fingerprint density at radius 3 is 2.00 bits per heavy atom. The molecule has 2 amide bonds. The topological polar surface area (TPSA) is 76.7 Å². The molecule has 0 aliphatic carbocycles. The van der Waals surface area contributed by atoms with Gasteiger partial charge >= 0.3 is 0 Å². The smallest absolute Gasteiger partial charge is 0.255 e. The van der Waals surface area contributed by atoms with E-state index in [0.717, 1.165) is 16.9 Å². The number of hydrogen-bond donors (Lipinski definition) is 2. The van der Waals surface area contributed by atoms with Gasteiger partial charge in [0.05, 0.1) is 19.8 Å². The summed E-state index contributed by atoms with van der Waals surface area (Å²) < 4.78 is 10.4. The molecule has 3 aromatic rings. The first kappa shape index (κ1) is 20.9. The van der Waals surface area contributed by atoms with E-state index in [9.17, 15) is 9.59 Å². The van der Waals surface area contributed by atoms with E-state index < -0.39 is 0 Å². The third-order valence-corrected chi connectivity index (χ3v) is 4.61. The molecular weight excluding hydrogens is 380 g/mol. The van der Waals surface area contributed by atoms with E-state index in [0.29, 0.717) is 30.0 Å². The van der Waals surface area contributed by atoms with Gasteiger partial charge in [0.25, 0.3) is 11.8 Å². The second-order valence-corrected chi connectivity index (χ2v) is 6.61. The number of nitrogens with one attached hydrogen (secondary N) is 2. The van der Waals surface area contributed by atoms with Crippen LogP contribution in [-0.4, -0.2) is 26.0 Å². The van der Waals surface area contributed by atoms with Crippen LogP contribution in [0.2, 0.25) is 0 Å². The average Bonchev–Trinajstić information content (AvgIpc) is 2.81. The average molecular weight is 404 g/mol. The van der Waals surface area contributed by atoms with Gasteiger partial charge in [-0.25, -0.2) is 0 Å². The fourth-order valence-electron chi connectivity index (χ4n) is 2.93. The van der Waals surface area contributed by atoms with Gasteiger partial charge < -0.3 is 20.1 Å². The summed E-state index contributed by atoms with van der Waals surface area (Å²) >= 11 is 0. The minimum absolute atomic E-state index is 0.273. The maximum atomic E-state index is 12.7. The zero-order chi connectivity index (χ0) is 21.3. The quantitative estimate of drug-likeness (QED) is 0.602. The second kappa shape index (κ2) is 10.1. The molecular formula is C24H24N2O4. The van der Waals surface area contributed by atoms with Gasteiger partial charge in [-0.2, -0.15) is 0 Å². The number of benzene rings is 3. The number of carbonyl (C=O) groups is 2. The van der Waals surface area contributed by atoms with Crippen LogP contribution >= 0.6 is 0 Å². The van der Waals surface area contributed by atoms with Crippen LogP contribution < -0.4 is 20.1 Å². The summed E-state index contributed by atoms with van der Waals surface area (Å²) in [6.45, 7) is 0.751. The molecule has 30 heavy (non-hydrogen) atoms. The fourth-order valence-corrected chi connectivity index (χ4v) is 2.93. The SMILES string of the molecule is COc1ccc(CNC(=O)c2ccc(OC)c(C(=O)NCc3ccccc3)c2)cc1. The Morgan fingerprint density at radius 1 is 0.733 bits per heavy atom. The maximum Gasteiger partial charge on any atom is 0.255 e. The first-order valence-electron chi connectivity index (χ1n) is 9.52. The largest absolute Gasteiger partial charge is 0.497 e. The molecule has 0 spiro atoms. The van der Waals surface area contributed by atoms with Gasteiger partial charge in [-0.3, -0.25) is 9.59 Å². The van der Waals surface area contributed by atoms with Crippen molar-refractivity contribution in [3.05, 3.63) is 95.1 Å². The molecule has 0 saturated carbocycles. The van der Waals surface area contributed by atoms with Crippen molar-refractivity contribution in [2.75, 3.05) is 14.2 Å². The Labute approximate surface area is 175 Å². The third-order valence-electron chi connectivity index (χ3n) is 4.61. The van der Waals surface area contributed by atoms with Gasteiger partial charge in [0.1, 0.15) is 11.5 Å². The third kappa shape index (κ3) is 5.38. The molecule has 3 aromatic carbocycles. The molecule has 0 aliphatic heterocycles. The Bertz CT molecular complexity index is 1000. The Hall–Kier alpha value is -3.80. The molecule has 0 saturated heterocycles. The number of amides is 2. The Kier molecular flexibility index (Phi) is 7.05. The van der Waals surface area contributed by atoms with Gasteiger partial charge in [0.2, 0.25) is 0 Å².